The maximum absolute atomic E-state index is 12.6. The fraction of sp³-hybridized carbons (Fsp3) is 0.400. The van der Waals surface area contributed by atoms with E-state index >= 15 is 0 Å². The van der Waals surface area contributed by atoms with E-state index in [4.69, 9.17) is 9.84 Å². The zero-order valence-corrected chi connectivity index (χ0v) is 18.8. The average molecular weight is 455 g/mol. The molecule has 2 aromatic carbocycles. The highest BCUT2D eigenvalue weighted by atomic mass is 16.5. The van der Waals surface area contributed by atoms with Crippen LogP contribution in [0.1, 0.15) is 43.7 Å². The summed E-state index contributed by atoms with van der Waals surface area (Å²) in [6, 6.07) is 15.2. The number of benzene rings is 2. The first-order chi connectivity index (χ1) is 15.8. The minimum atomic E-state index is -1.55. The minimum Gasteiger partial charge on any atom is -0.479 e. The van der Waals surface area contributed by atoms with Gasteiger partial charge in [-0.15, -0.1) is 0 Å². The van der Waals surface area contributed by atoms with Gasteiger partial charge in [0.05, 0.1) is 0 Å². The van der Waals surface area contributed by atoms with Gasteiger partial charge in [0.1, 0.15) is 12.6 Å². The summed E-state index contributed by atoms with van der Waals surface area (Å²) < 4.78 is 5.53. The number of amides is 2. The summed E-state index contributed by atoms with van der Waals surface area (Å²) in [7, 11) is 0. The number of carboxylic acid groups (broad SMARTS) is 1. The Morgan fingerprint density at radius 2 is 1.58 bits per heavy atom. The first-order valence-corrected chi connectivity index (χ1v) is 11.1. The van der Waals surface area contributed by atoms with E-state index in [-0.39, 0.29) is 31.4 Å². The second-order valence-corrected chi connectivity index (χ2v) is 8.59. The molecule has 2 amide bonds. The predicted octanol–water partition coefficient (Wildman–Crippen LogP) is 2.89. The molecule has 2 aromatic rings. The van der Waals surface area contributed by atoms with Gasteiger partial charge < -0.3 is 25.6 Å². The SMILES string of the molecule is CC(C)C[C@H](NC(=O)OCC1c2ccccc2-c2ccccc21)C(=O)NCCC(O)C(=O)O. The van der Waals surface area contributed by atoms with Crippen molar-refractivity contribution in [3.63, 3.8) is 0 Å². The summed E-state index contributed by atoms with van der Waals surface area (Å²) in [5.74, 6) is -1.76. The number of ether oxygens (including phenoxy) is 1. The van der Waals surface area contributed by atoms with Gasteiger partial charge in [-0.25, -0.2) is 9.59 Å². The standard InChI is InChI=1S/C25H30N2O6/c1-15(2)13-21(23(29)26-12-11-22(28)24(30)31)27-25(32)33-14-20-18-9-5-3-7-16(18)17-8-4-6-10-19(17)20/h3-10,15,20-22,28H,11-14H2,1-2H3,(H,26,29)(H,27,32)(H,30,31)/t21-,22?/m0/s1. The molecule has 0 saturated heterocycles. The van der Waals surface area contributed by atoms with E-state index < -0.39 is 30.1 Å². The van der Waals surface area contributed by atoms with E-state index in [1.807, 2.05) is 50.2 Å². The van der Waals surface area contributed by atoms with E-state index in [9.17, 15) is 19.5 Å². The summed E-state index contributed by atoms with van der Waals surface area (Å²) >= 11 is 0. The molecule has 8 heteroatoms. The Kier molecular flexibility index (Phi) is 8.06. The summed E-state index contributed by atoms with van der Waals surface area (Å²) in [5, 5.41) is 23.3. The maximum Gasteiger partial charge on any atom is 0.407 e. The molecule has 1 aliphatic rings. The number of hydrogen-bond donors (Lipinski definition) is 4. The molecule has 1 aliphatic carbocycles. The third-order valence-electron chi connectivity index (χ3n) is 5.66. The van der Waals surface area contributed by atoms with Gasteiger partial charge in [0.25, 0.3) is 0 Å². The lowest BCUT2D eigenvalue weighted by atomic mass is 9.98. The van der Waals surface area contributed by atoms with Gasteiger partial charge in [-0.1, -0.05) is 62.4 Å². The van der Waals surface area contributed by atoms with Crippen LogP contribution in [0, 0.1) is 5.92 Å². The second-order valence-electron chi connectivity index (χ2n) is 8.59. The van der Waals surface area contributed by atoms with Crippen LogP contribution >= 0.6 is 0 Å². The Hall–Kier alpha value is -3.39. The molecule has 0 saturated carbocycles. The average Bonchev–Trinajstić information content (AvgIpc) is 3.10. The molecule has 8 nitrogen and oxygen atoms in total. The highest BCUT2D eigenvalue weighted by molar-refractivity contribution is 5.85. The topological polar surface area (TPSA) is 125 Å². The molecular formula is C25H30N2O6. The number of hydrogen-bond acceptors (Lipinski definition) is 5. The van der Waals surface area contributed by atoms with Crippen molar-refractivity contribution in [2.45, 2.75) is 44.8 Å². The zero-order valence-electron chi connectivity index (χ0n) is 18.8. The monoisotopic (exact) mass is 454 g/mol. The van der Waals surface area contributed by atoms with Crippen molar-refractivity contribution in [2.75, 3.05) is 13.2 Å². The molecule has 176 valence electrons. The molecule has 1 unspecified atom stereocenters. The van der Waals surface area contributed by atoms with Gasteiger partial charge >= 0.3 is 12.1 Å². The van der Waals surface area contributed by atoms with Crippen LogP contribution in [0.2, 0.25) is 0 Å². The lowest BCUT2D eigenvalue weighted by Crippen LogP contribution is -2.48. The van der Waals surface area contributed by atoms with E-state index in [2.05, 4.69) is 22.8 Å². The first-order valence-electron chi connectivity index (χ1n) is 11.1. The van der Waals surface area contributed by atoms with E-state index in [0.717, 1.165) is 22.3 Å². The van der Waals surface area contributed by atoms with Crippen LogP contribution in [0.4, 0.5) is 4.79 Å². The number of carbonyl (C=O) groups excluding carboxylic acids is 2. The number of alkyl carbamates (subject to hydrolysis) is 1. The Morgan fingerprint density at radius 3 is 2.12 bits per heavy atom. The lowest BCUT2D eigenvalue weighted by molar-refractivity contribution is -0.147. The lowest BCUT2D eigenvalue weighted by Gasteiger charge is -2.21. The Morgan fingerprint density at radius 1 is 1.00 bits per heavy atom. The number of aliphatic carboxylic acids is 1. The van der Waals surface area contributed by atoms with Gasteiger partial charge in [-0.05, 0) is 34.6 Å². The van der Waals surface area contributed by atoms with Gasteiger partial charge in [-0.3, -0.25) is 4.79 Å². The van der Waals surface area contributed by atoms with E-state index in [0.29, 0.717) is 6.42 Å². The number of rotatable bonds is 10. The number of carbonyl (C=O) groups is 3. The summed E-state index contributed by atoms with van der Waals surface area (Å²) in [5.41, 5.74) is 4.45. The highest BCUT2D eigenvalue weighted by Crippen LogP contribution is 2.44. The second kappa shape index (κ2) is 11.0. The van der Waals surface area contributed by atoms with Crippen molar-refractivity contribution < 1.29 is 29.3 Å². The molecule has 0 fully saturated rings. The Bertz CT molecular complexity index is 960. The van der Waals surface area contributed by atoms with E-state index in [1.54, 1.807) is 0 Å². The predicted molar refractivity (Wildman–Crippen MR) is 123 cm³/mol. The van der Waals surface area contributed by atoms with Gasteiger partial charge in [0.2, 0.25) is 5.91 Å². The van der Waals surface area contributed by atoms with Crippen LogP contribution in [-0.4, -0.2) is 53.5 Å². The fourth-order valence-electron chi connectivity index (χ4n) is 4.06. The number of carboxylic acids is 1. The molecule has 0 spiro atoms. The molecular weight excluding hydrogens is 424 g/mol. The largest absolute Gasteiger partial charge is 0.479 e. The first kappa shape index (κ1) is 24.3. The third kappa shape index (κ3) is 6.10. The number of nitrogens with one attached hydrogen (secondary N) is 2. The number of aliphatic hydroxyl groups excluding tert-OH is 1. The quantitative estimate of drug-likeness (QED) is 0.438. The maximum atomic E-state index is 12.6. The molecule has 0 radical (unpaired) electrons. The molecule has 0 bridgehead atoms. The molecule has 33 heavy (non-hydrogen) atoms. The van der Waals surface area contributed by atoms with Crippen LogP contribution in [0.15, 0.2) is 48.5 Å². The van der Waals surface area contributed by atoms with Crippen molar-refractivity contribution in [1.82, 2.24) is 10.6 Å². The molecule has 0 heterocycles. The molecule has 0 aromatic heterocycles. The summed E-state index contributed by atoms with van der Waals surface area (Å²) in [6.07, 6.45) is -1.98. The van der Waals surface area contributed by atoms with Crippen LogP contribution in [0.25, 0.3) is 11.1 Å². The Balaban J connectivity index is 1.59. The van der Waals surface area contributed by atoms with Gasteiger partial charge in [0.15, 0.2) is 6.10 Å². The molecule has 0 aliphatic heterocycles. The Labute approximate surface area is 193 Å². The number of fused-ring (bicyclic) bond motifs is 3. The highest BCUT2D eigenvalue weighted by Gasteiger charge is 2.30. The van der Waals surface area contributed by atoms with Gasteiger partial charge in [0, 0.05) is 18.9 Å². The summed E-state index contributed by atoms with van der Waals surface area (Å²) in [6.45, 7) is 3.97. The van der Waals surface area contributed by atoms with Crippen molar-refractivity contribution in [2.24, 2.45) is 5.92 Å². The van der Waals surface area contributed by atoms with E-state index in [1.165, 1.54) is 0 Å². The van der Waals surface area contributed by atoms with Crippen LogP contribution < -0.4 is 10.6 Å². The van der Waals surface area contributed by atoms with Crippen LogP contribution in [-0.2, 0) is 14.3 Å². The smallest absolute Gasteiger partial charge is 0.407 e. The molecule has 4 N–H and O–H groups in total. The van der Waals surface area contributed by atoms with Crippen molar-refractivity contribution in [3.8, 4) is 11.1 Å². The van der Waals surface area contributed by atoms with Crippen molar-refractivity contribution in [3.05, 3.63) is 59.7 Å². The summed E-state index contributed by atoms with van der Waals surface area (Å²) in [4.78, 5) is 35.8. The van der Waals surface area contributed by atoms with Crippen LogP contribution in [0.5, 0.6) is 0 Å². The molecule has 2 atom stereocenters. The third-order valence-corrected chi connectivity index (χ3v) is 5.66. The van der Waals surface area contributed by atoms with Crippen molar-refractivity contribution >= 4 is 18.0 Å². The fourth-order valence-corrected chi connectivity index (χ4v) is 4.06. The molecule has 3 rings (SSSR count). The zero-order chi connectivity index (χ0) is 24.0. The van der Waals surface area contributed by atoms with Crippen molar-refractivity contribution in [1.29, 1.82) is 0 Å². The normalized spacial score (nSPS) is 14.2. The number of aliphatic hydroxyl groups is 1. The van der Waals surface area contributed by atoms with Crippen LogP contribution in [0.3, 0.4) is 0 Å². The van der Waals surface area contributed by atoms with Gasteiger partial charge in [-0.2, -0.15) is 0 Å². The minimum absolute atomic E-state index is 0.0206.